The van der Waals surface area contributed by atoms with Gasteiger partial charge in [0.2, 0.25) is 0 Å². The first-order valence-electron chi connectivity index (χ1n) is 8.11. The van der Waals surface area contributed by atoms with Crippen molar-refractivity contribution in [1.82, 2.24) is 18.4 Å². The van der Waals surface area contributed by atoms with E-state index in [4.69, 9.17) is 0 Å². The standard InChI is InChI=1S/C16H24N4O2S/c1-13-9-14(2)11-20(10-13)23(21,22)17-7-6-15-12-19-8-4-3-5-16(19)18-15/h3-5,8,12-14,17H,6-7,9-11H2,1-2H3. The molecule has 0 aliphatic carbocycles. The lowest BCUT2D eigenvalue weighted by atomic mass is 9.94. The summed E-state index contributed by atoms with van der Waals surface area (Å²) in [5.41, 5.74) is 1.77. The molecule has 2 unspecified atom stereocenters. The van der Waals surface area contributed by atoms with Crippen molar-refractivity contribution < 1.29 is 8.42 Å². The summed E-state index contributed by atoms with van der Waals surface area (Å²) in [5, 5.41) is 0. The maximum Gasteiger partial charge on any atom is 0.279 e. The summed E-state index contributed by atoms with van der Waals surface area (Å²) in [7, 11) is -3.40. The quantitative estimate of drug-likeness (QED) is 0.903. The number of hydrogen-bond donors (Lipinski definition) is 1. The number of aromatic nitrogens is 2. The highest BCUT2D eigenvalue weighted by Crippen LogP contribution is 2.22. The maximum atomic E-state index is 12.4. The largest absolute Gasteiger partial charge is 0.307 e. The molecule has 1 saturated heterocycles. The predicted molar refractivity (Wildman–Crippen MR) is 90.3 cm³/mol. The Balaban J connectivity index is 1.58. The van der Waals surface area contributed by atoms with E-state index in [-0.39, 0.29) is 0 Å². The van der Waals surface area contributed by atoms with Crippen LogP contribution >= 0.6 is 0 Å². The summed E-state index contributed by atoms with van der Waals surface area (Å²) in [6, 6.07) is 5.82. The first-order chi connectivity index (χ1) is 10.9. The molecule has 0 aromatic carbocycles. The third kappa shape index (κ3) is 3.91. The zero-order chi connectivity index (χ0) is 16.4. The molecule has 2 aromatic rings. The number of imidazole rings is 1. The summed E-state index contributed by atoms with van der Waals surface area (Å²) in [6.45, 7) is 5.79. The third-order valence-electron chi connectivity index (χ3n) is 4.25. The van der Waals surface area contributed by atoms with Gasteiger partial charge in [-0.3, -0.25) is 0 Å². The van der Waals surface area contributed by atoms with Gasteiger partial charge in [0.1, 0.15) is 5.65 Å². The Kier molecular flexibility index (Phi) is 4.70. The van der Waals surface area contributed by atoms with Crippen LogP contribution in [0.4, 0.5) is 0 Å². The molecule has 1 aliphatic heterocycles. The third-order valence-corrected chi connectivity index (χ3v) is 5.80. The van der Waals surface area contributed by atoms with E-state index in [9.17, 15) is 8.42 Å². The summed E-state index contributed by atoms with van der Waals surface area (Å²) in [4.78, 5) is 4.48. The Hall–Kier alpha value is -1.44. The first kappa shape index (κ1) is 16.4. The van der Waals surface area contributed by atoms with E-state index in [1.165, 1.54) is 0 Å². The van der Waals surface area contributed by atoms with E-state index in [1.54, 1.807) is 4.31 Å². The highest BCUT2D eigenvalue weighted by atomic mass is 32.2. The minimum Gasteiger partial charge on any atom is -0.307 e. The van der Waals surface area contributed by atoms with Crippen LogP contribution in [0.1, 0.15) is 26.0 Å². The predicted octanol–water partition coefficient (Wildman–Crippen LogP) is 1.69. The molecule has 2 atom stereocenters. The summed E-state index contributed by atoms with van der Waals surface area (Å²) in [5.74, 6) is 0.822. The zero-order valence-electron chi connectivity index (χ0n) is 13.6. The average Bonchev–Trinajstić information content (AvgIpc) is 2.88. The molecular formula is C16H24N4O2S. The molecule has 2 aromatic heterocycles. The monoisotopic (exact) mass is 336 g/mol. The van der Waals surface area contributed by atoms with Gasteiger partial charge in [-0.15, -0.1) is 0 Å². The number of fused-ring (bicyclic) bond motifs is 1. The van der Waals surface area contributed by atoms with Gasteiger partial charge in [-0.1, -0.05) is 19.9 Å². The Morgan fingerprint density at radius 3 is 2.70 bits per heavy atom. The lowest BCUT2D eigenvalue weighted by Gasteiger charge is -2.33. The van der Waals surface area contributed by atoms with Gasteiger partial charge < -0.3 is 4.40 Å². The maximum absolute atomic E-state index is 12.4. The number of nitrogens with one attached hydrogen (secondary N) is 1. The topological polar surface area (TPSA) is 66.7 Å². The van der Waals surface area contributed by atoms with Crippen LogP contribution in [0.3, 0.4) is 0 Å². The molecule has 0 radical (unpaired) electrons. The molecule has 23 heavy (non-hydrogen) atoms. The second-order valence-electron chi connectivity index (χ2n) is 6.61. The molecule has 6 nitrogen and oxygen atoms in total. The van der Waals surface area contributed by atoms with E-state index >= 15 is 0 Å². The Morgan fingerprint density at radius 2 is 2.00 bits per heavy atom. The molecule has 3 heterocycles. The molecule has 0 amide bonds. The van der Waals surface area contributed by atoms with Crippen LogP contribution in [-0.4, -0.2) is 41.7 Å². The van der Waals surface area contributed by atoms with Crippen LogP contribution in [0.2, 0.25) is 0 Å². The molecule has 3 rings (SSSR count). The fourth-order valence-electron chi connectivity index (χ4n) is 3.31. The van der Waals surface area contributed by atoms with E-state index in [0.717, 1.165) is 17.8 Å². The Morgan fingerprint density at radius 1 is 1.26 bits per heavy atom. The van der Waals surface area contributed by atoms with Gasteiger partial charge in [0.25, 0.3) is 10.2 Å². The van der Waals surface area contributed by atoms with Gasteiger partial charge >= 0.3 is 0 Å². The molecular weight excluding hydrogens is 312 g/mol. The number of piperidine rings is 1. The summed E-state index contributed by atoms with van der Waals surface area (Å²) in [6.07, 6.45) is 5.55. The highest BCUT2D eigenvalue weighted by Gasteiger charge is 2.29. The Labute approximate surface area is 137 Å². The number of pyridine rings is 1. The highest BCUT2D eigenvalue weighted by molar-refractivity contribution is 7.87. The van der Waals surface area contributed by atoms with Crippen LogP contribution < -0.4 is 4.72 Å². The second-order valence-corrected chi connectivity index (χ2v) is 8.37. The van der Waals surface area contributed by atoms with E-state index in [1.807, 2.05) is 35.0 Å². The number of hydrogen-bond acceptors (Lipinski definition) is 3. The lowest BCUT2D eigenvalue weighted by molar-refractivity contribution is 0.220. The number of nitrogens with zero attached hydrogens (tertiary/aromatic N) is 3. The SMILES string of the molecule is CC1CC(C)CN(S(=O)(=O)NCCc2cn3ccccc3n2)C1. The van der Waals surface area contributed by atoms with Crippen molar-refractivity contribution in [3.8, 4) is 0 Å². The van der Waals surface area contributed by atoms with Gasteiger partial charge in [-0.25, -0.2) is 9.71 Å². The minimum absolute atomic E-state index is 0.367. The van der Waals surface area contributed by atoms with Gasteiger partial charge in [0.15, 0.2) is 0 Å². The average molecular weight is 336 g/mol. The van der Waals surface area contributed by atoms with Crippen LogP contribution in [-0.2, 0) is 16.6 Å². The molecule has 126 valence electrons. The van der Waals surface area contributed by atoms with Gasteiger partial charge in [-0.2, -0.15) is 12.7 Å². The Bertz CT molecular complexity index is 728. The number of rotatable bonds is 5. The van der Waals surface area contributed by atoms with Crippen molar-refractivity contribution in [2.45, 2.75) is 26.7 Å². The minimum atomic E-state index is -3.40. The van der Waals surface area contributed by atoms with Crippen molar-refractivity contribution >= 4 is 15.9 Å². The fourth-order valence-corrected chi connectivity index (χ4v) is 4.75. The fraction of sp³-hybridized carbons (Fsp3) is 0.562. The molecule has 1 aliphatic rings. The van der Waals surface area contributed by atoms with Crippen molar-refractivity contribution in [2.24, 2.45) is 11.8 Å². The van der Waals surface area contributed by atoms with Gasteiger partial charge in [0, 0.05) is 38.4 Å². The van der Waals surface area contributed by atoms with E-state index in [2.05, 4.69) is 23.6 Å². The molecule has 0 bridgehead atoms. The van der Waals surface area contributed by atoms with Crippen LogP contribution in [0, 0.1) is 11.8 Å². The van der Waals surface area contributed by atoms with Crippen molar-refractivity contribution in [1.29, 1.82) is 0 Å². The van der Waals surface area contributed by atoms with Gasteiger partial charge in [0.05, 0.1) is 5.69 Å². The van der Waals surface area contributed by atoms with Crippen LogP contribution in [0.25, 0.3) is 5.65 Å². The normalized spacial score (nSPS) is 23.4. The first-order valence-corrected chi connectivity index (χ1v) is 9.55. The molecule has 0 spiro atoms. The van der Waals surface area contributed by atoms with Crippen LogP contribution in [0.15, 0.2) is 30.6 Å². The lowest BCUT2D eigenvalue weighted by Crippen LogP contribution is -2.48. The van der Waals surface area contributed by atoms with Crippen LogP contribution in [0.5, 0.6) is 0 Å². The van der Waals surface area contributed by atoms with E-state index in [0.29, 0.717) is 37.9 Å². The molecule has 1 N–H and O–H groups in total. The smallest absolute Gasteiger partial charge is 0.279 e. The molecule has 0 saturated carbocycles. The van der Waals surface area contributed by atoms with Crippen molar-refractivity contribution in [2.75, 3.05) is 19.6 Å². The van der Waals surface area contributed by atoms with Crippen molar-refractivity contribution in [3.63, 3.8) is 0 Å². The van der Waals surface area contributed by atoms with Crippen molar-refractivity contribution in [3.05, 3.63) is 36.3 Å². The summed E-state index contributed by atoms with van der Waals surface area (Å²) < 4.78 is 31.1. The second kappa shape index (κ2) is 6.59. The van der Waals surface area contributed by atoms with Gasteiger partial charge in [-0.05, 0) is 30.4 Å². The molecule has 1 fully saturated rings. The van der Waals surface area contributed by atoms with E-state index < -0.39 is 10.2 Å². The zero-order valence-corrected chi connectivity index (χ0v) is 14.5. The molecule has 7 heteroatoms. The summed E-state index contributed by atoms with van der Waals surface area (Å²) >= 11 is 0.